The Labute approximate surface area is 109 Å². The molecule has 0 saturated carbocycles. The predicted molar refractivity (Wildman–Crippen MR) is 70.2 cm³/mol. The van der Waals surface area contributed by atoms with Crippen molar-refractivity contribution >= 4 is 11.3 Å². The van der Waals surface area contributed by atoms with E-state index in [1.165, 1.54) is 0 Å². The summed E-state index contributed by atoms with van der Waals surface area (Å²) in [5.41, 5.74) is 0.949. The summed E-state index contributed by atoms with van der Waals surface area (Å²) in [7, 11) is 0. The predicted octanol–water partition coefficient (Wildman–Crippen LogP) is 1.78. The summed E-state index contributed by atoms with van der Waals surface area (Å²) in [6.07, 6.45) is 1.76. The topological polar surface area (TPSA) is 78.9 Å². The van der Waals surface area contributed by atoms with Crippen molar-refractivity contribution in [2.45, 2.75) is 33.1 Å². The van der Waals surface area contributed by atoms with Gasteiger partial charge in [-0.25, -0.2) is 4.98 Å². The summed E-state index contributed by atoms with van der Waals surface area (Å²) in [5.74, 6) is 0.283. The van der Waals surface area contributed by atoms with Gasteiger partial charge in [-0.3, -0.25) is 4.79 Å². The lowest BCUT2D eigenvalue weighted by atomic mass is 10.2. The summed E-state index contributed by atoms with van der Waals surface area (Å²) >= 11 is 1.55. The molecule has 0 aliphatic carbocycles. The molecule has 18 heavy (non-hydrogen) atoms. The lowest BCUT2D eigenvalue weighted by molar-refractivity contribution is 0.439. The minimum absolute atomic E-state index is 0.164. The molecule has 2 aromatic heterocycles. The zero-order chi connectivity index (χ0) is 13.1. The molecule has 0 aliphatic rings. The molecule has 2 N–H and O–H groups in total. The van der Waals surface area contributed by atoms with Gasteiger partial charge in [-0.1, -0.05) is 13.3 Å². The van der Waals surface area contributed by atoms with E-state index in [1.54, 1.807) is 11.3 Å². The highest BCUT2D eigenvalue weighted by molar-refractivity contribution is 7.09. The molecule has 2 aromatic rings. The second-order valence-electron chi connectivity index (χ2n) is 4.10. The Bertz CT molecular complexity index is 604. The zero-order valence-electron chi connectivity index (χ0n) is 10.4. The third-order valence-electron chi connectivity index (χ3n) is 2.56. The lowest BCUT2D eigenvalue weighted by Crippen LogP contribution is -2.17. The first-order valence-electron chi connectivity index (χ1n) is 5.82. The minimum Gasteiger partial charge on any atom is -0.493 e. The summed E-state index contributed by atoms with van der Waals surface area (Å²) in [6.45, 7) is 3.87. The van der Waals surface area contributed by atoms with Gasteiger partial charge in [0.1, 0.15) is 5.82 Å². The second kappa shape index (κ2) is 5.30. The highest BCUT2D eigenvalue weighted by atomic mass is 32.1. The van der Waals surface area contributed by atoms with Crippen LogP contribution in [0.2, 0.25) is 0 Å². The summed E-state index contributed by atoms with van der Waals surface area (Å²) in [5, 5.41) is 12.6. The van der Waals surface area contributed by atoms with Crippen LogP contribution in [0.4, 0.5) is 0 Å². The number of nitrogens with one attached hydrogen (secondary N) is 1. The summed E-state index contributed by atoms with van der Waals surface area (Å²) in [6, 6.07) is 0. The fraction of sp³-hybridized carbons (Fsp3) is 0.417. The van der Waals surface area contributed by atoms with Gasteiger partial charge in [0, 0.05) is 11.8 Å². The lowest BCUT2D eigenvalue weighted by Gasteiger charge is -2.03. The number of thiazole rings is 1. The van der Waals surface area contributed by atoms with Crippen molar-refractivity contribution in [1.29, 1.82) is 0 Å². The molecule has 0 atom stereocenters. The number of aromatic nitrogens is 3. The molecule has 0 bridgehead atoms. The quantitative estimate of drug-likeness (QED) is 0.883. The van der Waals surface area contributed by atoms with Crippen molar-refractivity contribution in [2.24, 2.45) is 0 Å². The minimum atomic E-state index is -0.258. The molecule has 0 saturated heterocycles. The maximum absolute atomic E-state index is 11.8. The van der Waals surface area contributed by atoms with Gasteiger partial charge in [0.05, 0.1) is 16.3 Å². The number of rotatable bonds is 4. The van der Waals surface area contributed by atoms with Crippen LogP contribution in [0.5, 0.6) is 5.88 Å². The number of hydrogen-bond donors (Lipinski definition) is 2. The number of aromatic hydroxyl groups is 1. The van der Waals surface area contributed by atoms with E-state index in [4.69, 9.17) is 0 Å². The van der Waals surface area contributed by atoms with Crippen LogP contribution in [0.15, 0.2) is 10.2 Å². The Morgan fingerprint density at radius 1 is 1.44 bits per heavy atom. The first-order valence-corrected chi connectivity index (χ1v) is 6.70. The zero-order valence-corrected chi connectivity index (χ0v) is 11.2. The molecule has 5 nitrogen and oxygen atoms in total. The number of aryl methyl sites for hydroxylation is 1. The molecule has 6 heteroatoms. The summed E-state index contributed by atoms with van der Waals surface area (Å²) < 4.78 is 0. The first kappa shape index (κ1) is 12.8. The maximum Gasteiger partial charge on any atom is 0.257 e. The highest BCUT2D eigenvalue weighted by Crippen LogP contribution is 2.14. The van der Waals surface area contributed by atoms with Crippen LogP contribution in [-0.4, -0.2) is 20.1 Å². The fourth-order valence-corrected chi connectivity index (χ4v) is 2.36. The molecule has 0 aromatic carbocycles. The van der Waals surface area contributed by atoms with E-state index in [-0.39, 0.29) is 11.4 Å². The smallest absolute Gasteiger partial charge is 0.257 e. The molecule has 2 rings (SSSR count). The van der Waals surface area contributed by atoms with Gasteiger partial charge in [0.15, 0.2) is 0 Å². The number of H-pyrrole nitrogens is 1. The van der Waals surface area contributed by atoms with Gasteiger partial charge in [-0.05, 0) is 13.3 Å². The van der Waals surface area contributed by atoms with Crippen LogP contribution in [0.3, 0.4) is 0 Å². The Kier molecular flexibility index (Phi) is 3.76. The monoisotopic (exact) mass is 265 g/mol. The second-order valence-corrected chi connectivity index (χ2v) is 5.16. The van der Waals surface area contributed by atoms with E-state index in [0.717, 1.165) is 17.1 Å². The maximum atomic E-state index is 11.8. The van der Waals surface area contributed by atoms with Crippen LogP contribution in [-0.2, 0) is 12.8 Å². The molecule has 0 fully saturated rings. The molecule has 0 amide bonds. The van der Waals surface area contributed by atoms with Gasteiger partial charge in [-0.15, -0.1) is 11.3 Å². The number of hydrogen-bond acceptors (Lipinski definition) is 5. The van der Waals surface area contributed by atoms with Crippen molar-refractivity contribution in [3.8, 4) is 5.88 Å². The Hall–Kier alpha value is -1.69. The van der Waals surface area contributed by atoms with Crippen molar-refractivity contribution in [2.75, 3.05) is 0 Å². The number of nitrogens with zero attached hydrogens (tertiary/aromatic N) is 2. The number of aromatic amines is 1. The molecule has 0 radical (unpaired) electrons. The van der Waals surface area contributed by atoms with Gasteiger partial charge in [0.2, 0.25) is 5.88 Å². The van der Waals surface area contributed by atoms with Gasteiger partial charge < -0.3 is 10.1 Å². The van der Waals surface area contributed by atoms with Crippen molar-refractivity contribution in [1.82, 2.24) is 15.0 Å². The van der Waals surface area contributed by atoms with Crippen molar-refractivity contribution < 1.29 is 5.11 Å². The van der Waals surface area contributed by atoms with E-state index >= 15 is 0 Å². The van der Waals surface area contributed by atoms with Crippen LogP contribution in [0.25, 0.3) is 0 Å². The molecule has 2 heterocycles. The average molecular weight is 265 g/mol. The normalized spacial score (nSPS) is 10.8. The molecular weight excluding hydrogens is 250 g/mol. The Balaban J connectivity index is 2.28. The molecule has 96 valence electrons. The Morgan fingerprint density at radius 2 is 2.22 bits per heavy atom. The Morgan fingerprint density at radius 3 is 2.78 bits per heavy atom. The van der Waals surface area contributed by atoms with Crippen molar-refractivity contribution in [3.63, 3.8) is 0 Å². The largest absolute Gasteiger partial charge is 0.493 e. The molecule has 0 unspecified atom stereocenters. The van der Waals surface area contributed by atoms with E-state index < -0.39 is 0 Å². The van der Waals surface area contributed by atoms with Crippen LogP contribution < -0.4 is 5.56 Å². The molecule has 0 aliphatic heterocycles. The third kappa shape index (κ3) is 2.76. The van der Waals surface area contributed by atoms with Gasteiger partial charge in [-0.2, -0.15) is 4.98 Å². The van der Waals surface area contributed by atoms with Gasteiger partial charge in [0.25, 0.3) is 5.56 Å². The van der Waals surface area contributed by atoms with E-state index in [1.807, 2.05) is 19.2 Å². The van der Waals surface area contributed by atoms with E-state index in [2.05, 4.69) is 15.0 Å². The molecule has 0 spiro atoms. The van der Waals surface area contributed by atoms with Crippen molar-refractivity contribution in [3.05, 3.63) is 37.8 Å². The summed E-state index contributed by atoms with van der Waals surface area (Å²) in [4.78, 5) is 22.8. The third-order valence-corrected chi connectivity index (χ3v) is 3.38. The van der Waals surface area contributed by atoms with E-state index in [0.29, 0.717) is 24.2 Å². The van der Waals surface area contributed by atoms with Crippen LogP contribution in [0, 0.1) is 6.92 Å². The fourth-order valence-electron chi connectivity index (χ4n) is 1.75. The van der Waals surface area contributed by atoms with E-state index in [9.17, 15) is 9.90 Å². The van der Waals surface area contributed by atoms with Crippen LogP contribution in [0.1, 0.15) is 35.4 Å². The van der Waals surface area contributed by atoms with Gasteiger partial charge >= 0.3 is 0 Å². The average Bonchev–Trinajstić information content (AvgIpc) is 2.69. The van der Waals surface area contributed by atoms with Crippen LogP contribution >= 0.6 is 11.3 Å². The molecular formula is C12H15N3O2S. The SMILES string of the molecule is CCCc1c(O)nc(Cc2csc(C)n2)[nH]c1=O. The standard InChI is InChI=1S/C12H15N3O2S/c1-3-4-9-11(16)14-10(15-12(9)17)5-8-6-18-7(2)13-8/h6H,3-5H2,1-2H3,(H2,14,15,16,17). The first-order chi connectivity index (χ1) is 8.60. The highest BCUT2D eigenvalue weighted by Gasteiger charge is 2.10.